The first-order valence-corrected chi connectivity index (χ1v) is 10.9. The third-order valence-corrected chi connectivity index (χ3v) is 6.80. The van der Waals surface area contributed by atoms with Crippen molar-refractivity contribution in [3.05, 3.63) is 37.5 Å². The van der Waals surface area contributed by atoms with Crippen LogP contribution in [0.4, 0.5) is 0 Å². The van der Waals surface area contributed by atoms with Crippen molar-refractivity contribution >= 4 is 20.3 Å². The van der Waals surface area contributed by atoms with Gasteiger partial charge in [0.2, 0.25) is 0 Å². The minimum atomic E-state index is -1.44. The molecule has 24 heavy (non-hydrogen) atoms. The zero-order valence-electron chi connectivity index (χ0n) is 15.7. The quantitative estimate of drug-likeness (QED) is 0.334. The minimum absolute atomic E-state index is 0.0461. The van der Waals surface area contributed by atoms with Crippen LogP contribution in [0.3, 0.4) is 0 Å². The molecule has 0 unspecified atom stereocenters. The summed E-state index contributed by atoms with van der Waals surface area (Å²) in [7, 11) is 1.01. The van der Waals surface area contributed by atoms with E-state index in [-0.39, 0.29) is 11.0 Å². The molecule has 0 radical (unpaired) electrons. The van der Waals surface area contributed by atoms with Gasteiger partial charge in [-0.25, -0.2) is 9.59 Å². The number of hydrogen-bond acceptors (Lipinski definition) is 5. The van der Waals surface area contributed by atoms with Gasteiger partial charge in [0.05, 0.1) is 19.8 Å². The molecule has 1 rings (SSSR count). The van der Waals surface area contributed by atoms with Gasteiger partial charge in [-0.15, -0.1) is 13.2 Å². The molecule has 0 saturated carbocycles. The number of esters is 2. The van der Waals surface area contributed by atoms with Crippen LogP contribution in [0.5, 0.6) is 0 Å². The molecule has 5 nitrogen and oxygen atoms in total. The van der Waals surface area contributed by atoms with Gasteiger partial charge in [-0.1, -0.05) is 12.2 Å². The van der Waals surface area contributed by atoms with Gasteiger partial charge in [-0.3, -0.25) is 0 Å². The molecule has 1 fully saturated rings. The maximum atomic E-state index is 10.3. The molecule has 1 heterocycles. The summed E-state index contributed by atoms with van der Waals surface area (Å²) in [5, 5.41) is 0. The Morgan fingerprint density at radius 2 is 1.46 bits per heavy atom. The minimum Gasteiger partial charge on any atom is -0.466 e. The summed E-state index contributed by atoms with van der Waals surface area (Å²) in [6.45, 7) is 16.7. The molecule has 0 N–H and O–H groups in total. The van der Waals surface area contributed by atoms with Crippen molar-refractivity contribution in [3.63, 3.8) is 0 Å². The predicted octanol–water partition coefficient (Wildman–Crippen LogP) is 3.64. The van der Waals surface area contributed by atoms with Gasteiger partial charge in [-0.05, 0) is 39.4 Å². The normalized spacial score (nSPS) is 20.2. The van der Waals surface area contributed by atoms with E-state index >= 15 is 0 Å². The van der Waals surface area contributed by atoms with E-state index in [2.05, 4.69) is 49.6 Å². The average Bonchev–Trinajstić information content (AvgIpc) is 2.52. The van der Waals surface area contributed by atoms with Gasteiger partial charge < -0.3 is 13.9 Å². The van der Waals surface area contributed by atoms with Crippen LogP contribution in [-0.2, 0) is 23.5 Å². The van der Waals surface area contributed by atoms with Gasteiger partial charge in [0.25, 0.3) is 0 Å². The standard InChI is InChI=1S/C12H22OSi.C6H8O4/c1-7-12(8-2)9-10-14(5,6)13-11(12,3)4;1-9-5(7)3-4-6(8)10-2/h7-8H,1-2,9-10H2,3-6H3;3-4H,1-2H3/b;4-3+. The van der Waals surface area contributed by atoms with Crippen molar-refractivity contribution in [1.82, 2.24) is 0 Å². The van der Waals surface area contributed by atoms with Crippen molar-refractivity contribution in [3.8, 4) is 0 Å². The van der Waals surface area contributed by atoms with Crippen molar-refractivity contribution in [2.75, 3.05) is 14.2 Å². The first kappa shape index (κ1) is 22.3. The Morgan fingerprint density at radius 1 is 1.04 bits per heavy atom. The molecule has 0 aliphatic carbocycles. The van der Waals surface area contributed by atoms with E-state index in [1.165, 1.54) is 20.3 Å². The second-order valence-electron chi connectivity index (χ2n) is 6.70. The lowest BCUT2D eigenvalue weighted by atomic mass is 9.72. The maximum Gasteiger partial charge on any atom is 0.330 e. The van der Waals surface area contributed by atoms with Gasteiger partial charge >= 0.3 is 11.9 Å². The molecular weight excluding hydrogens is 324 g/mol. The predicted molar refractivity (Wildman–Crippen MR) is 98.1 cm³/mol. The zero-order valence-corrected chi connectivity index (χ0v) is 16.7. The first-order valence-electron chi connectivity index (χ1n) is 7.80. The van der Waals surface area contributed by atoms with E-state index in [1.54, 1.807) is 0 Å². The number of rotatable bonds is 4. The Morgan fingerprint density at radius 3 is 1.75 bits per heavy atom. The summed E-state index contributed by atoms with van der Waals surface area (Å²) in [5.41, 5.74) is -0.194. The van der Waals surface area contributed by atoms with E-state index in [0.717, 1.165) is 18.6 Å². The summed E-state index contributed by atoms with van der Waals surface area (Å²) in [6, 6.07) is 1.19. The van der Waals surface area contributed by atoms with E-state index in [1.807, 2.05) is 12.2 Å². The second kappa shape index (κ2) is 8.99. The fraction of sp³-hybridized carbons (Fsp3) is 0.556. The highest BCUT2D eigenvalue weighted by molar-refractivity contribution is 6.71. The lowest BCUT2D eigenvalue weighted by Crippen LogP contribution is -2.55. The number of methoxy groups -OCH3 is 2. The smallest absolute Gasteiger partial charge is 0.330 e. The molecule has 0 aromatic carbocycles. The molecule has 1 aliphatic heterocycles. The van der Waals surface area contributed by atoms with Gasteiger partial charge in [0.1, 0.15) is 0 Å². The molecule has 0 atom stereocenters. The fourth-order valence-corrected chi connectivity index (χ4v) is 5.39. The largest absolute Gasteiger partial charge is 0.466 e. The molecule has 136 valence electrons. The van der Waals surface area contributed by atoms with Crippen LogP contribution in [0.25, 0.3) is 0 Å². The molecule has 6 heteroatoms. The van der Waals surface area contributed by atoms with Crippen LogP contribution in [0, 0.1) is 5.41 Å². The monoisotopic (exact) mass is 354 g/mol. The molecule has 0 aromatic heterocycles. The summed E-state index contributed by atoms with van der Waals surface area (Å²) in [6.07, 6.45) is 7.12. The highest BCUT2D eigenvalue weighted by Crippen LogP contribution is 2.48. The van der Waals surface area contributed by atoms with E-state index in [0.29, 0.717) is 0 Å². The Labute approximate surface area is 146 Å². The van der Waals surface area contributed by atoms with Crippen molar-refractivity contribution in [2.45, 2.75) is 45.0 Å². The summed E-state index contributed by atoms with van der Waals surface area (Å²) in [4.78, 5) is 20.6. The van der Waals surface area contributed by atoms with Crippen LogP contribution >= 0.6 is 0 Å². The molecule has 0 bridgehead atoms. The number of carbonyl (C=O) groups excluding carboxylic acids is 2. The number of carbonyl (C=O) groups is 2. The van der Waals surface area contributed by atoms with Crippen LogP contribution < -0.4 is 0 Å². The van der Waals surface area contributed by atoms with E-state index in [4.69, 9.17) is 4.43 Å². The first-order chi connectivity index (χ1) is 11.0. The third kappa shape index (κ3) is 6.09. The average molecular weight is 355 g/mol. The fourth-order valence-electron chi connectivity index (χ4n) is 2.70. The Bertz CT molecular complexity index is 480. The molecule has 0 spiro atoms. The highest BCUT2D eigenvalue weighted by atomic mass is 28.4. The number of hydrogen-bond donors (Lipinski definition) is 0. The topological polar surface area (TPSA) is 61.8 Å². The highest BCUT2D eigenvalue weighted by Gasteiger charge is 2.49. The zero-order chi connectivity index (χ0) is 19.0. The summed E-state index contributed by atoms with van der Waals surface area (Å²) < 4.78 is 14.7. The van der Waals surface area contributed by atoms with Gasteiger partial charge in [0, 0.05) is 17.6 Å². The van der Waals surface area contributed by atoms with E-state index in [9.17, 15) is 9.59 Å². The Balaban J connectivity index is 0.000000470. The lowest BCUT2D eigenvalue weighted by Gasteiger charge is -2.52. The molecule has 0 amide bonds. The number of ether oxygens (including phenoxy) is 2. The van der Waals surface area contributed by atoms with Crippen molar-refractivity contribution < 1.29 is 23.5 Å². The molecule has 0 aromatic rings. The van der Waals surface area contributed by atoms with Crippen LogP contribution in [0.15, 0.2) is 37.5 Å². The summed E-state index contributed by atoms with van der Waals surface area (Å²) >= 11 is 0. The lowest BCUT2D eigenvalue weighted by molar-refractivity contribution is -0.137. The van der Waals surface area contributed by atoms with Crippen LogP contribution in [0.2, 0.25) is 19.1 Å². The SMILES string of the molecule is C=CC1(C=C)CC[Si](C)(C)OC1(C)C.COC(=O)/C=C/C(=O)OC. The van der Waals surface area contributed by atoms with Gasteiger partial charge in [-0.2, -0.15) is 0 Å². The van der Waals surface area contributed by atoms with Gasteiger partial charge in [0.15, 0.2) is 8.32 Å². The molecule has 1 saturated heterocycles. The maximum absolute atomic E-state index is 10.3. The van der Waals surface area contributed by atoms with Crippen LogP contribution in [-0.4, -0.2) is 40.1 Å². The second-order valence-corrected chi connectivity index (χ2v) is 10.9. The molecular formula is C18H30O5Si. The Hall–Kier alpha value is -1.66. The van der Waals surface area contributed by atoms with Crippen molar-refractivity contribution in [1.29, 1.82) is 0 Å². The van der Waals surface area contributed by atoms with Crippen LogP contribution in [0.1, 0.15) is 20.3 Å². The summed E-state index contributed by atoms with van der Waals surface area (Å²) in [5.74, 6) is -1.16. The third-order valence-electron chi connectivity index (χ3n) is 4.28. The van der Waals surface area contributed by atoms with E-state index < -0.39 is 20.3 Å². The Kier molecular flexibility index (Phi) is 8.36. The molecule has 1 aliphatic rings. The van der Waals surface area contributed by atoms with Crippen molar-refractivity contribution in [2.24, 2.45) is 5.41 Å².